The van der Waals surface area contributed by atoms with E-state index in [0.717, 1.165) is 12.5 Å². The van der Waals surface area contributed by atoms with E-state index in [1.54, 1.807) is 44.2 Å². The Bertz CT molecular complexity index is 1820. The van der Waals surface area contributed by atoms with E-state index in [2.05, 4.69) is 36.3 Å². The molecule has 0 amide bonds. The molecule has 11 nitrogen and oxygen atoms in total. The third-order valence-corrected chi connectivity index (χ3v) is 8.55. The molecular formula is C28H27ClFN7O4S2. The molecule has 0 aliphatic rings. The van der Waals surface area contributed by atoms with Gasteiger partial charge in [-0.25, -0.2) is 21.2 Å². The predicted octanol–water partition coefficient (Wildman–Crippen LogP) is 5.49. The summed E-state index contributed by atoms with van der Waals surface area (Å²) in [4.78, 5) is 9.09. The standard InChI is InChI=1S/C28H27ClFN7O4S2/c1-17(19-8-12-21(13-9-19)42(3,38)39)34-36-25-16-26(33-28(32-25)31-24-7-5-6-23(29)27(24)30)37-35-18(2)20-10-14-22(15-11-20)43(4,40)41/h5-16H,1-4H3,(H3,31,32,33,36,37). The Morgan fingerprint density at radius 2 is 1.19 bits per heavy atom. The number of sulfone groups is 2. The number of anilines is 4. The molecular weight excluding hydrogens is 617 g/mol. The van der Waals surface area contributed by atoms with Crippen molar-refractivity contribution in [2.24, 2.45) is 10.2 Å². The molecule has 4 rings (SSSR count). The molecule has 0 spiro atoms. The Balaban J connectivity index is 1.62. The van der Waals surface area contributed by atoms with Crippen LogP contribution in [0.1, 0.15) is 25.0 Å². The van der Waals surface area contributed by atoms with Crippen molar-refractivity contribution in [1.82, 2.24) is 9.97 Å². The fourth-order valence-corrected chi connectivity index (χ4v) is 5.07. The van der Waals surface area contributed by atoms with Crippen LogP contribution in [-0.4, -0.2) is 50.7 Å². The minimum absolute atomic E-state index is 0.00406. The highest BCUT2D eigenvalue weighted by molar-refractivity contribution is 7.91. The van der Waals surface area contributed by atoms with E-state index in [4.69, 9.17) is 11.6 Å². The molecule has 0 bridgehead atoms. The Morgan fingerprint density at radius 3 is 1.60 bits per heavy atom. The second-order valence-electron chi connectivity index (χ2n) is 9.40. The first kappa shape index (κ1) is 31.5. The normalized spacial score (nSPS) is 12.6. The molecule has 0 saturated heterocycles. The molecule has 0 radical (unpaired) electrons. The Hall–Kier alpha value is -4.40. The van der Waals surface area contributed by atoms with Gasteiger partial charge in [-0.15, -0.1) is 0 Å². The van der Waals surface area contributed by atoms with Gasteiger partial charge in [0, 0.05) is 18.6 Å². The van der Waals surface area contributed by atoms with Gasteiger partial charge < -0.3 is 5.32 Å². The average molecular weight is 644 g/mol. The van der Waals surface area contributed by atoms with Crippen LogP contribution in [0.15, 0.2) is 92.8 Å². The number of nitrogens with zero attached hydrogens (tertiary/aromatic N) is 4. The molecule has 1 aromatic heterocycles. The van der Waals surface area contributed by atoms with Crippen molar-refractivity contribution in [2.75, 3.05) is 28.7 Å². The van der Waals surface area contributed by atoms with E-state index in [1.165, 1.54) is 42.5 Å². The summed E-state index contributed by atoms with van der Waals surface area (Å²) in [5, 5.41) is 11.4. The zero-order valence-corrected chi connectivity index (χ0v) is 25.8. The van der Waals surface area contributed by atoms with E-state index in [0.29, 0.717) is 22.6 Å². The van der Waals surface area contributed by atoms with Crippen molar-refractivity contribution < 1.29 is 21.2 Å². The van der Waals surface area contributed by atoms with Gasteiger partial charge in [-0.2, -0.15) is 20.2 Å². The van der Waals surface area contributed by atoms with Crippen LogP contribution in [0.3, 0.4) is 0 Å². The highest BCUT2D eigenvalue weighted by Crippen LogP contribution is 2.25. The molecule has 4 aromatic rings. The van der Waals surface area contributed by atoms with Crippen LogP contribution in [0.4, 0.5) is 27.7 Å². The number of hydrogen-bond donors (Lipinski definition) is 3. The van der Waals surface area contributed by atoms with Gasteiger partial charge in [-0.05, 0) is 61.4 Å². The van der Waals surface area contributed by atoms with E-state index < -0.39 is 25.5 Å². The van der Waals surface area contributed by atoms with Crippen molar-refractivity contribution in [3.05, 3.63) is 94.8 Å². The number of hydrogen-bond acceptors (Lipinski definition) is 11. The van der Waals surface area contributed by atoms with Gasteiger partial charge in [0.1, 0.15) is 0 Å². The summed E-state index contributed by atoms with van der Waals surface area (Å²) in [7, 11) is -6.67. The maximum atomic E-state index is 14.6. The minimum atomic E-state index is -3.34. The SMILES string of the molecule is CC(=NNc1cc(NN=C(C)c2ccc(S(C)(=O)=O)cc2)nc(Nc2cccc(Cl)c2F)n1)c1ccc(S(C)(=O)=O)cc1. The van der Waals surface area contributed by atoms with Crippen molar-refractivity contribution in [1.29, 1.82) is 0 Å². The number of hydrazone groups is 2. The third kappa shape index (κ3) is 8.34. The van der Waals surface area contributed by atoms with Gasteiger partial charge in [0.05, 0.1) is 31.9 Å². The second kappa shape index (κ2) is 12.9. The molecule has 224 valence electrons. The topological polar surface area (TPSA) is 155 Å². The summed E-state index contributed by atoms with van der Waals surface area (Å²) >= 11 is 5.91. The van der Waals surface area contributed by atoms with Crippen molar-refractivity contribution in [3.8, 4) is 0 Å². The summed E-state index contributed by atoms with van der Waals surface area (Å²) < 4.78 is 61.6. The van der Waals surface area contributed by atoms with Crippen LogP contribution in [0, 0.1) is 5.82 Å². The average Bonchev–Trinajstić information content (AvgIpc) is 2.96. The third-order valence-electron chi connectivity index (χ3n) is 6.00. The highest BCUT2D eigenvalue weighted by atomic mass is 35.5. The predicted molar refractivity (Wildman–Crippen MR) is 167 cm³/mol. The van der Waals surface area contributed by atoms with Crippen molar-refractivity contribution in [2.45, 2.75) is 23.6 Å². The lowest BCUT2D eigenvalue weighted by Gasteiger charge is -2.11. The van der Waals surface area contributed by atoms with Crippen LogP contribution in [0.25, 0.3) is 0 Å². The molecule has 43 heavy (non-hydrogen) atoms. The Morgan fingerprint density at radius 1 is 0.744 bits per heavy atom. The zero-order chi connectivity index (χ0) is 31.4. The second-order valence-corrected chi connectivity index (χ2v) is 13.8. The Labute approximate surface area is 253 Å². The molecule has 0 fully saturated rings. The summed E-state index contributed by atoms with van der Waals surface area (Å²) in [6.07, 6.45) is 2.26. The van der Waals surface area contributed by atoms with Gasteiger partial charge in [0.15, 0.2) is 37.1 Å². The first-order valence-corrected chi connectivity index (χ1v) is 16.7. The molecule has 0 saturated carbocycles. The fraction of sp³-hybridized carbons (Fsp3) is 0.143. The van der Waals surface area contributed by atoms with Crippen molar-refractivity contribution >= 4 is 66.0 Å². The summed E-state index contributed by atoms with van der Waals surface area (Å²) in [5.41, 5.74) is 8.14. The number of rotatable bonds is 10. The summed E-state index contributed by atoms with van der Waals surface area (Å²) in [6.45, 7) is 3.46. The maximum absolute atomic E-state index is 14.6. The van der Waals surface area contributed by atoms with Crippen LogP contribution in [0.2, 0.25) is 5.02 Å². The van der Waals surface area contributed by atoms with Crippen LogP contribution >= 0.6 is 11.6 Å². The van der Waals surface area contributed by atoms with E-state index >= 15 is 0 Å². The number of nitrogens with one attached hydrogen (secondary N) is 3. The smallest absolute Gasteiger partial charge is 0.231 e. The monoisotopic (exact) mass is 643 g/mol. The first-order valence-electron chi connectivity index (χ1n) is 12.5. The first-order chi connectivity index (χ1) is 20.2. The zero-order valence-electron chi connectivity index (χ0n) is 23.4. The lowest BCUT2D eigenvalue weighted by Crippen LogP contribution is -2.07. The lowest BCUT2D eigenvalue weighted by molar-refractivity contribution is 0.600. The van der Waals surface area contributed by atoms with Gasteiger partial charge in [0.25, 0.3) is 0 Å². The van der Waals surface area contributed by atoms with Gasteiger partial charge in [0.2, 0.25) is 5.95 Å². The summed E-state index contributed by atoms with van der Waals surface area (Å²) in [6, 6.07) is 18.5. The highest BCUT2D eigenvalue weighted by Gasteiger charge is 2.12. The maximum Gasteiger partial charge on any atom is 0.231 e. The largest absolute Gasteiger partial charge is 0.321 e. The van der Waals surface area contributed by atoms with E-state index in [1.807, 2.05) is 0 Å². The quantitative estimate of drug-likeness (QED) is 0.150. The van der Waals surface area contributed by atoms with E-state index in [-0.39, 0.29) is 38.1 Å². The number of aromatic nitrogens is 2. The molecule has 0 aliphatic heterocycles. The van der Waals surface area contributed by atoms with Crippen molar-refractivity contribution in [3.63, 3.8) is 0 Å². The molecule has 15 heteroatoms. The molecule has 3 aromatic carbocycles. The molecule has 0 atom stereocenters. The van der Waals surface area contributed by atoms with Gasteiger partial charge in [-0.3, -0.25) is 10.9 Å². The van der Waals surface area contributed by atoms with Crippen LogP contribution in [-0.2, 0) is 19.7 Å². The molecule has 1 heterocycles. The Kier molecular flexibility index (Phi) is 9.43. The molecule has 0 unspecified atom stereocenters. The lowest BCUT2D eigenvalue weighted by atomic mass is 10.1. The van der Waals surface area contributed by atoms with Crippen LogP contribution < -0.4 is 16.2 Å². The fourth-order valence-electron chi connectivity index (χ4n) is 3.64. The van der Waals surface area contributed by atoms with E-state index in [9.17, 15) is 21.2 Å². The molecule has 3 N–H and O–H groups in total. The molecule has 0 aliphatic carbocycles. The van der Waals surface area contributed by atoms with Crippen LogP contribution in [0.5, 0.6) is 0 Å². The summed E-state index contributed by atoms with van der Waals surface area (Å²) in [5.74, 6) is -0.234. The van der Waals surface area contributed by atoms with Gasteiger partial charge >= 0.3 is 0 Å². The number of benzene rings is 3. The number of halogens is 2. The minimum Gasteiger partial charge on any atom is -0.321 e. The van der Waals surface area contributed by atoms with Gasteiger partial charge in [-0.1, -0.05) is 41.9 Å².